The molecule has 0 bridgehead atoms. The number of aromatic amines is 1. The fraction of sp³-hybridized carbons (Fsp3) is 0.429. The Morgan fingerprint density at radius 2 is 1.70 bits per heavy atom. The third-order valence-electron chi connectivity index (χ3n) is 6.42. The third kappa shape index (κ3) is 7.39. The van der Waals surface area contributed by atoms with E-state index in [0.717, 1.165) is 51.6 Å². The molecule has 9 nitrogen and oxygen atoms in total. The number of unbranched alkanes of at least 4 members (excludes halogenated alkanes) is 4. The van der Waals surface area contributed by atoms with Crippen molar-refractivity contribution in [1.29, 1.82) is 0 Å². The molecule has 0 aliphatic carbocycles. The Labute approximate surface area is 217 Å². The number of amides is 1. The molecule has 37 heavy (non-hydrogen) atoms. The van der Waals surface area contributed by atoms with E-state index >= 15 is 0 Å². The molecular formula is C28H37N5O4. The Bertz CT molecular complexity index is 1280. The summed E-state index contributed by atoms with van der Waals surface area (Å²) in [5.41, 5.74) is 2.02. The number of aromatic nitrogens is 2. The first kappa shape index (κ1) is 27.9. The second kappa shape index (κ2) is 13.5. The number of benzene rings is 1. The number of carbonyl (C=O) groups is 2. The molecule has 198 valence electrons. The number of carboxylic acid groups (broad SMARTS) is 1. The lowest BCUT2D eigenvalue weighted by molar-refractivity contribution is 0.0696. The number of carbonyl (C=O) groups excluding carboxylic acids is 1. The number of H-pyrrole nitrogens is 1. The summed E-state index contributed by atoms with van der Waals surface area (Å²) in [5, 5.41) is 16.0. The maximum atomic E-state index is 13.2. The van der Waals surface area contributed by atoms with Crippen molar-refractivity contribution in [3.63, 3.8) is 0 Å². The molecule has 1 amide bonds. The number of carboxylic acids is 1. The number of pyridine rings is 2. The number of rotatable bonds is 14. The van der Waals surface area contributed by atoms with E-state index in [4.69, 9.17) is 0 Å². The average Bonchev–Trinajstić information content (AvgIpc) is 2.88. The number of nitrogens with one attached hydrogen (secondary N) is 3. The van der Waals surface area contributed by atoms with E-state index < -0.39 is 17.4 Å². The predicted molar refractivity (Wildman–Crippen MR) is 148 cm³/mol. The Balaban J connectivity index is 1.91. The van der Waals surface area contributed by atoms with Gasteiger partial charge in [-0.15, -0.1) is 0 Å². The summed E-state index contributed by atoms with van der Waals surface area (Å²) in [6.07, 6.45) is 9.77. The Morgan fingerprint density at radius 3 is 2.32 bits per heavy atom. The normalized spacial score (nSPS) is 11.1. The molecule has 0 saturated carbocycles. The molecule has 3 rings (SSSR count). The maximum absolute atomic E-state index is 13.2. The van der Waals surface area contributed by atoms with Gasteiger partial charge in [-0.3, -0.25) is 19.5 Å². The molecule has 4 N–H and O–H groups in total. The van der Waals surface area contributed by atoms with Gasteiger partial charge in [0.25, 0.3) is 11.5 Å². The first-order valence-electron chi connectivity index (χ1n) is 13.0. The number of aromatic carboxylic acids is 1. The molecule has 0 fully saturated rings. The number of fused-ring (bicyclic) bond motifs is 1. The van der Waals surface area contributed by atoms with Crippen LogP contribution in [0.25, 0.3) is 10.9 Å². The van der Waals surface area contributed by atoms with Crippen LogP contribution in [-0.2, 0) is 6.54 Å². The van der Waals surface area contributed by atoms with Crippen molar-refractivity contribution in [3.8, 4) is 0 Å². The van der Waals surface area contributed by atoms with Gasteiger partial charge in [0.2, 0.25) is 0 Å². The quantitative estimate of drug-likeness (QED) is 0.224. The van der Waals surface area contributed by atoms with Gasteiger partial charge in [0, 0.05) is 30.9 Å². The lowest BCUT2D eigenvalue weighted by atomic mass is 10.1. The smallest absolute Gasteiger partial charge is 0.335 e. The molecule has 0 unspecified atom stereocenters. The predicted octanol–water partition coefficient (Wildman–Crippen LogP) is 5.10. The van der Waals surface area contributed by atoms with E-state index in [2.05, 4.69) is 39.3 Å². The van der Waals surface area contributed by atoms with Crippen molar-refractivity contribution < 1.29 is 14.7 Å². The summed E-state index contributed by atoms with van der Waals surface area (Å²) in [7, 11) is 1.73. The standard InChI is InChI=1S/C28H37N5O4/c1-4-6-8-12-33(13-9-7-5-2)18-21-14-19(28(36)37)10-11-23(21)31-26(34)22-15-20-16-30-17-24(29-3)25(20)32-27(22)35/h10-11,14-17,29H,4-9,12-13,18H2,1-3H3,(H,31,34)(H,32,35)(H,36,37). The monoisotopic (exact) mass is 507 g/mol. The fourth-order valence-corrected chi connectivity index (χ4v) is 4.34. The van der Waals surface area contributed by atoms with E-state index in [9.17, 15) is 19.5 Å². The summed E-state index contributed by atoms with van der Waals surface area (Å²) in [6, 6.07) is 6.19. The van der Waals surface area contributed by atoms with Gasteiger partial charge in [0.15, 0.2) is 0 Å². The molecule has 3 aromatic rings. The average molecular weight is 508 g/mol. The van der Waals surface area contributed by atoms with Crippen LogP contribution in [0.5, 0.6) is 0 Å². The van der Waals surface area contributed by atoms with E-state index in [1.54, 1.807) is 31.6 Å². The lowest BCUT2D eigenvalue weighted by Crippen LogP contribution is -2.27. The third-order valence-corrected chi connectivity index (χ3v) is 6.42. The molecule has 0 aliphatic rings. The number of nitrogens with zero attached hydrogens (tertiary/aromatic N) is 2. The zero-order chi connectivity index (χ0) is 26.8. The summed E-state index contributed by atoms with van der Waals surface area (Å²) >= 11 is 0. The van der Waals surface area contributed by atoms with E-state index in [0.29, 0.717) is 34.4 Å². The largest absolute Gasteiger partial charge is 0.478 e. The maximum Gasteiger partial charge on any atom is 0.335 e. The number of anilines is 2. The fourth-order valence-electron chi connectivity index (χ4n) is 4.34. The van der Waals surface area contributed by atoms with Crippen LogP contribution in [0.1, 0.15) is 78.7 Å². The van der Waals surface area contributed by atoms with Gasteiger partial charge >= 0.3 is 5.97 Å². The van der Waals surface area contributed by atoms with Gasteiger partial charge in [0.05, 0.1) is 23.0 Å². The zero-order valence-electron chi connectivity index (χ0n) is 21.9. The van der Waals surface area contributed by atoms with Gasteiger partial charge in [0.1, 0.15) is 5.56 Å². The molecule has 0 spiro atoms. The van der Waals surface area contributed by atoms with Crippen LogP contribution in [0.3, 0.4) is 0 Å². The second-order valence-corrected chi connectivity index (χ2v) is 9.23. The van der Waals surface area contributed by atoms with Crippen molar-refractivity contribution in [2.24, 2.45) is 0 Å². The highest BCUT2D eigenvalue weighted by atomic mass is 16.4. The van der Waals surface area contributed by atoms with Crippen LogP contribution in [-0.4, -0.2) is 52.0 Å². The summed E-state index contributed by atoms with van der Waals surface area (Å²) < 4.78 is 0. The molecule has 1 aromatic carbocycles. The molecule has 2 aromatic heterocycles. The first-order valence-corrected chi connectivity index (χ1v) is 13.0. The Kier molecular flexibility index (Phi) is 10.2. The van der Waals surface area contributed by atoms with Crippen molar-refractivity contribution in [3.05, 3.63) is 63.7 Å². The van der Waals surface area contributed by atoms with Crippen molar-refractivity contribution in [1.82, 2.24) is 14.9 Å². The minimum absolute atomic E-state index is 0.0430. The van der Waals surface area contributed by atoms with Gasteiger partial charge < -0.3 is 20.7 Å². The number of hydrogen-bond donors (Lipinski definition) is 4. The second-order valence-electron chi connectivity index (χ2n) is 9.23. The molecule has 0 aliphatic heterocycles. The summed E-state index contributed by atoms with van der Waals surface area (Å²) in [4.78, 5) is 46.9. The van der Waals surface area contributed by atoms with Crippen LogP contribution in [0.4, 0.5) is 11.4 Å². The van der Waals surface area contributed by atoms with Crippen molar-refractivity contribution in [2.45, 2.75) is 58.9 Å². The van der Waals surface area contributed by atoms with Crippen molar-refractivity contribution in [2.75, 3.05) is 30.8 Å². The van der Waals surface area contributed by atoms with E-state index in [-0.39, 0.29) is 11.1 Å². The Morgan fingerprint density at radius 1 is 1.00 bits per heavy atom. The van der Waals surface area contributed by atoms with Gasteiger partial charge in [-0.25, -0.2) is 4.79 Å². The summed E-state index contributed by atoms with van der Waals surface area (Å²) in [6.45, 7) is 6.62. The lowest BCUT2D eigenvalue weighted by Gasteiger charge is -2.24. The van der Waals surface area contributed by atoms with Gasteiger partial charge in [-0.05, 0) is 55.8 Å². The topological polar surface area (TPSA) is 127 Å². The minimum Gasteiger partial charge on any atom is -0.478 e. The highest BCUT2D eigenvalue weighted by Gasteiger charge is 2.18. The van der Waals surface area contributed by atoms with Crippen LogP contribution in [0.15, 0.2) is 41.5 Å². The van der Waals surface area contributed by atoms with Gasteiger partial charge in [-0.1, -0.05) is 39.5 Å². The first-order chi connectivity index (χ1) is 17.9. The zero-order valence-corrected chi connectivity index (χ0v) is 21.9. The molecule has 2 heterocycles. The highest BCUT2D eigenvalue weighted by molar-refractivity contribution is 6.07. The van der Waals surface area contributed by atoms with E-state index in [1.165, 1.54) is 12.1 Å². The van der Waals surface area contributed by atoms with Crippen LogP contribution >= 0.6 is 0 Å². The van der Waals surface area contributed by atoms with Crippen LogP contribution < -0.4 is 16.2 Å². The molecule has 0 atom stereocenters. The van der Waals surface area contributed by atoms with Gasteiger partial charge in [-0.2, -0.15) is 0 Å². The van der Waals surface area contributed by atoms with Crippen LogP contribution in [0, 0.1) is 0 Å². The minimum atomic E-state index is -1.03. The van der Waals surface area contributed by atoms with Crippen molar-refractivity contribution >= 4 is 34.2 Å². The highest BCUT2D eigenvalue weighted by Crippen LogP contribution is 2.23. The van der Waals surface area contributed by atoms with E-state index in [1.807, 2.05) is 0 Å². The molecule has 0 radical (unpaired) electrons. The number of hydrogen-bond acceptors (Lipinski definition) is 6. The molecule has 0 saturated heterocycles. The SMILES string of the molecule is CCCCCN(CCCCC)Cc1cc(C(=O)O)ccc1NC(=O)c1cc2cncc(NC)c2[nH]c1=O. The summed E-state index contributed by atoms with van der Waals surface area (Å²) in [5.74, 6) is -1.59. The molecule has 9 heteroatoms. The van der Waals surface area contributed by atoms with Crippen LogP contribution in [0.2, 0.25) is 0 Å². The Hall–Kier alpha value is -3.72. The molecular weight excluding hydrogens is 470 g/mol.